The highest BCUT2D eigenvalue weighted by atomic mass is 16.1. The maximum atomic E-state index is 10.4. The van der Waals surface area contributed by atoms with Gasteiger partial charge in [-0.2, -0.15) is 9.98 Å². The van der Waals surface area contributed by atoms with Gasteiger partial charge < -0.3 is 0 Å². The summed E-state index contributed by atoms with van der Waals surface area (Å²) < 4.78 is 0. The van der Waals surface area contributed by atoms with Gasteiger partial charge in [0.05, 0.1) is 0 Å². The molecule has 1 aliphatic carbocycles. The number of nitrogens with zero attached hydrogens (tertiary/aromatic N) is 2. The van der Waals surface area contributed by atoms with Crippen LogP contribution in [0, 0.1) is 5.92 Å². The molecule has 1 aliphatic rings. The van der Waals surface area contributed by atoms with Crippen molar-refractivity contribution in [2.75, 3.05) is 0 Å². The minimum Gasteiger partial charge on any atom is -0.211 e. The molecular formula is C15H16N2O2. The highest BCUT2D eigenvalue weighted by Crippen LogP contribution is 2.37. The van der Waals surface area contributed by atoms with Gasteiger partial charge in [-0.05, 0) is 43.6 Å². The smallest absolute Gasteiger partial charge is 0.211 e. The first-order valence-electron chi connectivity index (χ1n) is 6.50. The molecule has 1 aromatic carbocycles. The molecule has 1 aromatic rings. The van der Waals surface area contributed by atoms with Crippen molar-refractivity contribution in [1.29, 1.82) is 0 Å². The van der Waals surface area contributed by atoms with E-state index in [4.69, 9.17) is 0 Å². The lowest BCUT2D eigenvalue weighted by molar-refractivity contribution is 0.242. The van der Waals surface area contributed by atoms with E-state index in [2.05, 4.69) is 22.1 Å². The van der Waals surface area contributed by atoms with Crippen LogP contribution in [0.1, 0.15) is 31.2 Å². The summed E-state index contributed by atoms with van der Waals surface area (Å²) >= 11 is 0. The second-order valence-corrected chi connectivity index (χ2v) is 5.02. The van der Waals surface area contributed by atoms with E-state index >= 15 is 0 Å². The quantitative estimate of drug-likeness (QED) is 0.614. The summed E-state index contributed by atoms with van der Waals surface area (Å²) in [6.07, 6.45) is 7.14. The average molecular weight is 256 g/mol. The van der Waals surface area contributed by atoms with E-state index in [9.17, 15) is 9.59 Å². The van der Waals surface area contributed by atoms with Gasteiger partial charge in [0.25, 0.3) is 0 Å². The fourth-order valence-electron chi connectivity index (χ4n) is 2.71. The molecule has 0 aromatic heterocycles. The summed E-state index contributed by atoms with van der Waals surface area (Å²) in [5.41, 5.74) is 0.425. The standard InChI is InChI=1S/C15H16N2O2/c18-11-16-15(17-12-19)8-6-14(7-9-15)10-13-4-2-1-3-5-13/h1-5,14H,6-10H2. The largest absolute Gasteiger partial charge is 0.237 e. The van der Waals surface area contributed by atoms with Gasteiger partial charge in [-0.25, -0.2) is 9.59 Å². The molecule has 19 heavy (non-hydrogen) atoms. The van der Waals surface area contributed by atoms with E-state index in [-0.39, 0.29) is 0 Å². The third-order valence-corrected chi connectivity index (χ3v) is 3.78. The van der Waals surface area contributed by atoms with Crippen molar-refractivity contribution in [2.45, 2.75) is 37.8 Å². The summed E-state index contributed by atoms with van der Waals surface area (Å²) in [5.74, 6) is 0.555. The van der Waals surface area contributed by atoms with Crippen molar-refractivity contribution >= 4 is 12.2 Å². The monoisotopic (exact) mass is 256 g/mol. The zero-order chi connectivity index (χ0) is 13.6. The normalized spacial score (nSPS) is 26.0. The Labute approximate surface area is 112 Å². The molecule has 0 atom stereocenters. The topological polar surface area (TPSA) is 58.9 Å². The van der Waals surface area contributed by atoms with E-state index < -0.39 is 5.66 Å². The molecule has 0 bridgehead atoms. The van der Waals surface area contributed by atoms with Gasteiger partial charge in [0, 0.05) is 0 Å². The first-order chi connectivity index (χ1) is 9.28. The Bertz CT molecular complexity index is 486. The minimum atomic E-state index is -0.892. The van der Waals surface area contributed by atoms with Crippen molar-refractivity contribution in [3.8, 4) is 0 Å². The van der Waals surface area contributed by atoms with E-state index in [1.807, 2.05) is 18.2 Å². The predicted octanol–water partition coefficient (Wildman–Crippen LogP) is 2.79. The summed E-state index contributed by atoms with van der Waals surface area (Å²) in [7, 11) is 0. The van der Waals surface area contributed by atoms with Crippen LogP contribution in [-0.2, 0) is 16.0 Å². The molecule has 0 aliphatic heterocycles. The number of benzene rings is 1. The third kappa shape index (κ3) is 3.47. The number of rotatable bonds is 4. The SMILES string of the molecule is O=C=NC1(N=C=O)CCC(Cc2ccccc2)CC1. The van der Waals surface area contributed by atoms with Crippen LogP contribution in [-0.4, -0.2) is 17.8 Å². The maximum Gasteiger partial charge on any atom is 0.237 e. The number of aliphatic imine (C=N–C) groups is 2. The second-order valence-electron chi connectivity index (χ2n) is 5.02. The van der Waals surface area contributed by atoms with E-state index in [0.717, 1.165) is 19.3 Å². The lowest BCUT2D eigenvalue weighted by atomic mass is 9.79. The molecule has 0 amide bonds. The van der Waals surface area contributed by atoms with Gasteiger partial charge in [-0.15, -0.1) is 0 Å². The van der Waals surface area contributed by atoms with Gasteiger partial charge in [0.2, 0.25) is 12.2 Å². The molecule has 0 unspecified atom stereocenters. The number of hydrogen-bond donors (Lipinski definition) is 0. The Balaban J connectivity index is 1.98. The van der Waals surface area contributed by atoms with Crippen molar-refractivity contribution in [2.24, 2.45) is 15.9 Å². The average Bonchev–Trinajstić information content (AvgIpc) is 2.43. The molecule has 4 heteroatoms. The zero-order valence-electron chi connectivity index (χ0n) is 10.7. The third-order valence-electron chi connectivity index (χ3n) is 3.78. The fraction of sp³-hybridized carbons (Fsp3) is 0.467. The van der Waals surface area contributed by atoms with Crippen LogP contribution in [0.4, 0.5) is 0 Å². The van der Waals surface area contributed by atoms with Crippen LogP contribution in [0.2, 0.25) is 0 Å². The Morgan fingerprint density at radius 2 is 1.63 bits per heavy atom. The van der Waals surface area contributed by atoms with Crippen LogP contribution in [0.15, 0.2) is 40.3 Å². The van der Waals surface area contributed by atoms with Crippen molar-refractivity contribution in [3.63, 3.8) is 0 Å². The van der Waals surface area contributed by atoms with Gasteiger partial charge in [0.1, 0.15) is 0 Å². The zero-order valence-corrected chi connectivity index (χ0v) is 10.7. The van der Waals surface area contributed by atoms with Gasteiger partial charge in [-0.3, -0.25) is 0 Å². The van der Waals surface area contributed by atoms with Crippen molar-refractivity contribution in [1.82, 2.24) is 0 Å². The van der Waals surface area contributed by atoms with Crippen molar-refractivity contribution < 1.29 is 9.59 Å². The molecular weight excluding hydrogens is 240 g/mol. The molecule has 4 nitrogen and oxygen atoms in total. The van der Waals surface area contributed by atoms with Gasteiger partial charge in [-0.1, -0.05) is 30.3 Å². The Hall–Kier alpha value is -2.02. The Morgan fingerprint density at radius 3 is 2.16 bits per heavy atom. The summed E-state index contributed by atoms with van der Waals surface area (Å²) in [6, 6.07) is 10.3. The number of hydrogen-bond acceptors (Lipinski definition) is 4. The van der Waals surface area contributed by atoms with E-state index in [0.29, 0.717) is 18.8 Å². The molecule has 0 heterocycles. The second kappa shape index (κ2) is 6.24. The van der Waals surface area contributed by atoms with E-state index in [1.54, 1.807) is 0 Å². The van der Waals surface area contributed by atoms with Gasteiger partial charge in [0.15, 0.2) is 5.66 Å². The first-order valence-corrected chi connectivity index (χ1v) is 6.50. The van der Waals surface area contributed by atoms with Crippen LogP contribution < -0.4 is 0 Å². The Morgan fingerprint density at radius 1 is 1.05 bits per heavy atom. The fourth-order valence-corrected chi connectivity index (χ4v) is 2.71. The number of isocyanates is 2. The molecule has 1 saturated carbocycles. The summed E-state index contributed by atoms with van der Waals surface area (Å²) in [6.45, 7) is 0. The van der Waals surface area contributed by atoms with E-state index in [1.165, 1.54) is 17.7 Å². The van der Waals surface area contributed by atoms with Crippen LogP contribution in [0.5, 0.6) is 0 Å². The van der Waals surface area contributed by atoms with Gasteiger partial charge >= 0.3 is 0 Å². The highest BCUT2D eigenvalue weighted by molar-refractivity contribution is 5.39. The van der Waals surface area contributed by atoms with Crippen LogP contribution in [0.25, 0.3) is 0 Å². The lowest BCUT2D eigenvalue weighted by Gasteiger charge is -2.31. The van der Waals surface area contributed by atoms with Crippen LogP contribution in [0.3, 0.4) is 0 Å². The molecule has 0 spiro atoms. The predicted molar refractivity (Wildman–Crippen MR) is 71.1 cm³/mol. The summed E-state index contributed by atoms with van der Waals surface area (Å²) in [5, 5.41) is 0. The lowest BCUT2D eigenvalue weighted by Crippen LogP contribution is -2.30. The highest BCUT2D eigenvalue weighted by Gasteiger charge is 2.35. The first kappa shape index (κ1) is 13.4. The molecule has 0 N–H and O–H groups in total. The maximum absolute atomic E-state index is 10.4. The molecule has 0 saturated heterocycles. The Kier molecular flexibility index (Phi) is 4.40. The molecule has 2 rings (SSSR count). The minimum absolute atomic E-state index is 0.555. The molecule has 98 valence electrons. The van der Waals surface area contributed by atoms with Crippen LogP contribution >= 0.6 is 0 Å². The molecule has 0 radical (unpaired) electrons. The summed E-state index contributed by atoms with van der Waals surface area (Å²) in [4.78, 5) is 28.3. The number of carbonyl (C=O) groups excluding carboxylic acids is 2. The molecule has 1 fully saturated rings. The van der Waals surface area contributed by atoms with Crippen molar-refractivity contribution in [3.05, 3.63) is 35.9 Å².